The first-order chi connectivity index (χ1) is 9.95. The summed E-state index contributed by atoms with van der Waals surface area (Å²) in [5.74, 6) is 0. The fourth-order valence-electron chi connectivity index (χ4n) is 2.77. The maximum Gasteiger partial charge on any atom is 0.109 e. The van der Waals surface area contributed by atoms with Crippen molar-refractivity contribution in [2.75, 3.05) is 7.05 Å². The Labute approximate surface area is 131 Å². The second-order valence-corrected chi connectivity index (χ2v) is 6.64. The molecule has 0 saturated heterocycles. The number of hydrogen-bond acceptors (Lipinski definition) is 4. The van der Waals surface area contributed by atoms with Crippen LogP contribution in [0.5, 0.6) is 0 Å². The van der Waals surface area contributed by atoms with Gasteiger partial charge in [-0.3, -0.25) is 4.90 Å². The van der Waals surface area contributed by atoms with Crippen LogP contribution >= 0.6 is 11.3 Å². The van der Waals surface area contributed by atoms with Gasteiger partial charge in [0.1, 0.15) is 5.01 Å². The van der Waals surface area contributed by atoms with Gasteiger partial charge in [0.15, 0.2) is 0 Å². The van der Waals surface area contributed by atoms with E-state index in [1.54, 1.807) is 11.3 Å². The summed E-state index contributed by atoms with van der Waals surface area (Å²) < 4.78 is 0. The molecule has 0 aliphatic rings. The number of aromatic nitrogens is 1. The van der Waals surface area contributed by atoms with Crippen molar-refractivity contribution in [3.63, 3.8) is 0 Å². The number of rotatable bonds is 5. The van der Waals surface area contributed by atoms with Crippen molar-refractivity contribution in [2.45, 2.75) is 46.9 Å². The minimum atomic E-state index is 0.108. The Morgan fingerprint density at radius 3 is 2.48 bits per heavy atom. The zero-order chi connectivity index (χ0) is 15.6. The number of benzene rings is 1. The van der Waals surface area contributed by atoms with E-state index >= 15 is 0 Å². The predicted molar refractivity (Wildman–Crippen MR) is 88.6 cm³/mol. The normalized spacial score (nSPS) is 12.9. The highest BCUT2D eigenvalue weighted by Gasteiger charge is 2.17. The van der Waals surface area contributed by atoms with E-state index in [9.17, 15) is 5.11 Å². The molecule has 0 saturated carbocycles. The molecule has 0 aliphatic carbocycles. The van der Waals surface area contributed by atoms with Gasteiger partial charge in [-0.15, -0.1) is 11.3 Å². The van der Waals surface area contributed by atoms with Gasteiger partial charge in [0.05, 0.1) is 12.6 Å². The Kier molecular flexibility index (Phi) is 5.14. The Morgan fingerprint density at radius 1 is 1.24 bits per heavy atom. The molecule has 1 heterocycles. The standard InChI is InChI=1S/C17H24N2OS/c1-11-8-12(2)16(10-20)13(3)15(11)9-19(5)14(4)17-18-6-7-21-17/h6-8,14,20H,9-10H2,1-5H3/t14-/m1/s1. The number of aryl methyl sites for hydroxylation is 2. The number of thiazole rings is 1. The molecule has 0 aliphatic heterocycles. The molecule has 3 nitrogen and oxygen atoms in total. The summed E-state index contributed by atoms with van der Waals surface area (Å²) in [5.41, 5.74) is 6.06. The second-order valence-electron chi connectivity index (χ2n) is 5.71. The number of nitrogens with zero attached hydrogens (tertiary/aromatic N) is 2. The summed E-state index contributed by atoms with van der Waals surface area (Å²) in [4.78, 5) is 6.72. The van der Waals surface area contributed by atoms with Gasteiger partial charge in [0.25, 0.3) is 0 Å². The molecule has 1 aromatic heterocycles. The minimum absolute atomic E-state index is 0.108. The molecule has 4 heteroatoms. The van der Waals surface area contributed by atoms with Crippen LogP contribution in [0.25, 0.3) is 0 Å². The van der Waals surface area contributed by atoms with E-state index < -0.39 is 0 Å². The van der Waals surface area contributed by atoms with Crippen LogP contribution in [0, 0.1) is 20.8 Å². The molecule has 2 rings (SSSR count). The van der Waals surface area contributed by atoms with E-state index in [0.717, 1.165) is 17.1 Å². The fourth-order valence-corrected chi connectivity index (χ4v) is 3.53. The van der Waals surface area contributed by atoms with Gasteiger partial charge < -0.3 is 5.11 Å². The molecule has 2 aromatic rings. The summed E-state index contributed by atoms with van der Waals surface area (Å²) in [7, 11) is 2.13. The van der Waals surface area contributed by atoms with Crippen molar-refractivity contribution < 1.29 is 5.11 Å². The van der Waals surface area contributed by atoms with E-state index in [-0.39, 0.29) is 6.61 Å². The average molecular weight is 304 g/mol. The maximum absolute atomic E-state index is 9.59. The number of hydrogen-bond donors (Lipinski definition) is 1. The molecule has 0 spiro atoms. The Balaban J connectivity index is 2.27. The van der Waals surface area contributed by atoms with Crippen molar-refractivity contribution in [1.82, 2.24) is 9.88 Å². The number of aliphatic hydroxyl groups is 1. The third-order valence-corrected chi connectivity index (χ3v) is 5.27. The van der Waals surface area contributed by atoms with Crippen LogP contribution in [-0.4, -0.2) is 22.0 Å². The van der Waals surface area contributed by atoms with Crippen molar-refractivity contribution in [2.24, 2.45) is 0 Å². The molecule has 1 N–H and O–H groups in total. The molecular weight excluding hydrogens is 280 g/mol. The highest BCUT2D eigenvalue weighted by Crippen LogP contribution is 2.27. The fraction of sp³-hybridized carbons (Fsp3) is 0.471. The molecule has 1 atom stereocenters. The Morgan fingerprint density at radius 2 is 1.90 bits per heavy atom. The molecule has 0 radical (unpaired) electrons. The first kappa shape index (κ1) is 16.1. The SMILES string of the molecule is Cc1cc(C)c(CN(C)[C@H](C)c2nccs2)c(C)c1CO. The largest absolute Gasteiger partial charge is 0.392 e. The van der Waals surface area contributed by atoms with Crippen LogP contribution in [0.1, 0.15) is 45.8 Å². The van der Waals surface area contributed by atoms with E-state index in [0.29, 0.717) is 6.04 Å². The van der Waals surface area contributed by atoms with Gasteiger partial charge in [-0.05, 0) is 62.6 Å². The average Bonchev–Trinajstić information content (AvgIpc) is 2.96. The second kappa shape index (κ2) is 6.69. The first-order valence-electron chi connectivity index (χ1n) is 7.24. The smallest absolute Gasteiger partial charge is 0.109 e. The third-order valence-electron chi connectivity index (χ3n) is 4.33. The van der Waals surface area contributed by atoms with Crippen LogP contribution in [0.4, 0.5) is 0 Å². The van der Waals surface area contributed by atoms with Crippen molar-refractivity contribution in [3.05, 3.63) is 50.5 Å². The summed E-state index contributed by atoms with van der Waals surface area (Å²) in [5, 5.41) is 12.7. The lowest BCUT2D eigenvalue weighted by molar-refractivity contribution is 0.250. The molecule has 0 fully saturated rings. The molecule has 0 bridgehead atoms. The lowest BCUT2D eigenvalue weighted by atomic mass is 9.93. The van der Waals surface area contributed by atoms with Crippen LogP contribution < -0.4 is 0 Å². The van der Waals surface area contributed by atoms with Gasteiger partial charge in [0.2, 0.25) is 0 Å². The van der Waals surface area contributed by atoms with Gasteiger partial charge >= 0.3 is 0 Å². The van der Waals surface area contributed by atoms with E-state index in [1.165, 1.54) is 22.3 Å². The van der Waals surface area contributed by atoms with Gasteiger partial charge in [-0.25, -0.2) is 4.98 Å². The summed E-state index contributed by atoms with van der Waals surface area (Å²) in [6, 6.07) is 2.47. The predicted octanol–water partition coefficient (Wildman–Crippen LogP) is 3.75. The van der Waals surface area contributed by atoms with Gasteiger partial charge in [-0.1, -0.05) is 6.07 Å². The lowest BCUT2D eigenvalue weighted by Gasteiger charge is -2.26. The van der Waals surface area contributed by atoms with E-state index in [1.807, 2.05) is 11.6 Å². The zero-order valence-corrected chi connectivity index (χ0v) is 14.3. The van der Waals surface area contributed by atoms with E-state index in [2.05, 4.69) is 50.7 Å². The van der Waals surface area contributed by atoms with Crippen LogP contribution in [0.2, 0.25) is 0 Å². The van der Waals surface area contributed by atoms with Crippen LogP contribution in [0.15, 0.2) is 17.6 Å². The summed E-state index contributed by atoms with van der Waals surface area (Å²) in [6.45, 7) is 9.49. The minimum Gasteiger partial charge on any atom is -0.392 e. The number of aliphatic hydroxyl groups excluding tert-OH is 1. The molecule has 21 heavy (non-hydrogen) atoms. The van der Waals surface area contributed by atoms with E-state index in [4.69, 9.17) is 0 Å². The van der Waals surface area contributed by atoms with Crippen molar-refractivity contribution in [1.29, 1.82) is 0 Å². The maximum atomic E-state index is 9.59. The first-order valence-corrected chi connectivity index (χ1v) is 8.12. The monoisotopic (exact) mass is 304 g/mol. The molecule has 114 valence electrons. The van der Waals surface area contributed by atoms with Crippen molar-refractivity contribution >= 4 is 11.3 Å². The zero-order valence-electron chi connectivity index (χ0n) is 13.5. The van der Waals surface area contributed by atoms with Crippen molar-refractivity contribution in [3.8, 4) is 0 Å². The molecule has 1 aromatic carbocycles. The molecule has 0 amide bonds. The van der Waals surface area contributed by atoms with Gasteiger partial charge in [0, 0.05) is 18.1 Å². The molecular formula is C17H24N2OS. The highest BCUT2D eigenvalue weighted by atomic mass is 32.1. The Hall–Kier alpha value is -1.23. The van der Waals surface area contributed by atoms with Gasteiger partial charge in [-0.2, -0.15) is 0 Å². The molecule has 0 unspecified atom stereocenters. The van der Waals surface area contributed by atoms with Crippen LogP contribution in [-0.2, 0) is 13.2 Å². The highest BCUT2D eigenvalue weighted by molar-refractivity contribution is 7.09. The topological polar surface area (TPSA) is 36.4 Å². The van der Waals surface area contributed by atoms with Crippen LogP contribution in [0.3, 0.4) is 0 Å². The lowest BCUT2D eigenvalue weighted by Crippen LogP contribution is -2.23. The quantitative estimate of drug-likeness (QED) is 0.914. The summed E-state index contributed by atoms with van der Waals surface area (Å²) in [6.07, 6.45) is 1.86. The Bertz CT molecular complexity index is 608. The third kappa shape index (κ3) is 3.34. The summed E-state index contributed by atoms with van der Waals surface area (Å²) >= 11 is 1.70.